The monoisotopic (exact) mass is 532 g/mol. The molecule has 3 N–H and O–H groups in total. The van der Waals surface area contributed by atoms with E-state index < -0.39 is 11.8 Å². The van der Waals surface area contributed by atoms with Crippen LogP contribution < -0.4 is 15.4 Å². The van der Waals surface area contributed by atoms with E-state index >= 15 is 0 Å². The lowest BCUT2D eigenvalue weighted by Crippen LogP contribution is -2.51. The molecule has 0 bridgehead atoms. The molecule has 1 saturated heterocycles. The van der Waals surface area contributed by atoms with Gasteiger partial charge in [-0.15, -0.1) is 0 Å². The average molecular weight is 534 g/mol. The van der Waals surface area contributed by atoms with Gasteiger partial charge in [0.25, 0.3) is 11.8 Å². The molecule has 1 heterocycles. The molecule has 2 amide bonds. The number of halogens is 3. The van der Waals surface area contributed by atoms with Crippen molar-refractivity contribution in [3.63, 3.8) is 0 Å². The number of amides is 2. The smallest absolute Gasteiger partial charge is 0.263 e. The van der Waals surface area contributed by atoms with Gasteiger partial charge < -0.3 is 9.84 Å². The second-order valence-corrected chi connectivity index (χ2v) is 8.88. The normalized spacial score (nSPS) is 13.4. The molecular weight excluding hydrogens is 519 g/mol. The van der Waals surface area contributed by atoms with E-state index in [1.54, 1.807) is 30.3 Å². The van der Waals surface area contributed by atoms with Gasteiger partial charge in [0, 0.05) is 10.6 Å². The van der Waals surface area contributed by atoms with Crippen molar-refractivity contribution in [1.82, 2.24) is 10.6 Å². The predicted octanol–water partition coefficient (Wildman–Crippen LogP) is 5.51. The Labute approximate surface area is 215 Å². The lowest BCUT2D eigenvalue weighted by atomic mass is 9.96. The van der Waals surface area contributed by atoms with Crippen LogP contribution in [0.15, 0.2) is 60.2 Å². The third kappa shape index (κ3) is 5.18. The van der Waals surface area contributed by atoms with Gasteiger partial charge in [-0.25, -0.2) is 0 Å². The number of thiocarbonyl (C=S) groups is 1. The maximum Gasteiger partial charge on any atom is 0.263 e. The summed E-state index contributed by atoms with van der Waals surface area (Å²) >= 11 is 23.1. The van der Waals surface area contributed by atoms with Crippen LogP contribution in [0.2, 0.25) is 15.1 Å². The van der Waals surface area contributed by atoms with Crippen molar-refractivity contribution < 1.29 is 19.4 Å². The summed E-state index contributed by atoms with van der Waals surface area (Å²) < 4.78 is 6.05. The molecule has 0 aromatic heterocycles. The second-order valence-electron chi connectivity index (χ2n) is 7.22. The van der Waals surface area contributed by atoms with E-state index in [-0.39, 0.29) is 33.1 Å². The third-order valence-corrected chi connectivity index (χ3v) is 5.97. The molecule has 0 radical (unpaired) electrons. The summed E-state index contributed by atoms with van der Waals surface area (Å²) in [5, 5.41) is 15.4. The van der Waals surface area contributed by atoms with E-state index in [0.29, 0.717) is 27.5 Å². The first-order chi connectivity index (χ1) is 16.2. The van der Waals surface area contributed by atoms with Crippen molar-refractivity contribution in [2.24, 2.45) is 0 Å². The van der Waals surface area contributed by atoms with Gasteiger partial charge in [-0.2, -0.15) is 0 Å². The molecule has 6 nitrogen and oxygen atoms in total. The highest BCUT2D eigenvalue weighted by molar-refractivity contribution is 7.80. The number of benzene rings is 3. The van der Waals surface area contributed by atoms with Crippen molar-refractivity contribution in [3.05, 3.63) is 86.4 Å². The van der Waals surface area contributed by atoms with Gasteiger partial charge in [0.2, 0.25) is 0 Å². The topological polar surface area (TPSA) is 87.7 Å². The molecule has 3 aromatic carbocycles. The second kappa shape index (κ2) is 10.0. The summed E-state index contributed by atoms with van der Waals surface area (Å²) in [5.74, 6) is -1.14. The Balaban J connectivity index is 1.83. The minimum Gasteiger partial charge on any atom is -0.505 e. The Morgan fingerprint density at radius 3 is 2.18 bits per heavy atom. The van der Waals surface area contributed by atoms with Crippen LogP contribution in [0.3, 0.4) is 0 Å². The fraction of sp³-hybridized carbons (Fsp3) is 0.0417. The first-order valence-electron chi connectivity index (χ1n) is 9.80. The van der Waals surface area contributed by atoms with Crippen molar-refractivity contribution in [2.75, 3.05) is 0 Å². The highest BCUT2D eigenvalue weighted by atomic mass is 35.5. The highest BCUT2D eigenvalue weighted by Crippen LogP contribution is 2.40. The average Bonchev–Trinajstić information content (AvgIpc) is 2.79. The molecule has 10 heteroatoms. The molecule has 0 atom stereocenters. The van der Waals surface area contributed by atoms with Gasteiger partial charge in [0.05, 0.1) is 10.0 Å². The lowest BCUT2D eigenvalue weighted by Gasteiger charge is -2.19. The highest BCUT2D eigenvalue weighted by Gasteiger charge is 2.27. The number of nitrogens with one attached hydrogen (secondary N) is 2. The number of carbonyl (C=O) groups excluding carboxylic acids is 2. The van der Waals surface area contributed by atoms with E-state index in [1.165, 1.54) is 18.2 Å². The standard InChI is InChI=1S/C24H15Cl3N2O4S/c25-14-6-4-12(5-7-14)11-33-20-3-1-2-15(13-8-18(26)21(30)19(27)9-13)16(20)10-17-22(31)28-24(34)29-23(17)32/h1-10,30H,11H2,(H2,28,29,31,32,34). The summed E-state index contributed by atoms with van der Waals surface area (Å²) in [5.41, 5.74) is 2.25. The molecule has 1 aliphatic heterocycles. The quantitative estimate of drug-likeness (QED) is 0.229. The molecule has 172 valence electrons. The maximum atomic E-state index is 12.5. The van der Waals surface area contributed by atoms with Crippen LogP contribution in [0.4, 0.5) is 0 Å². The number of hydrogen-bond acceptors (Lipinski definition) is 5. The van der Waals surface area contributed by atoms with E-state index in [1.807, 2.05) is 12.1 Å². The van der Waals surface area contributed by atoms with Crippen molar-refractivity contribution in [3.8, 4) is 22.6 Å². The lowest BCUT2D eigenvalue weighted by molar-refractivity contribution is -0.123. The van der Waals surface area contributed by atoms with Gasteiger partial charge >= 0.3 is 0 Å². The van der Waals surface area contributed by atoms with Gasteiger partial charge in [0.15, 0.2) is 10.9 Å². The summed E-state index contributed by atoms with van der Waals surface area (Å²) in [6.45, 7) is 0.205. The predicted molar refractivity (Wildman–Crippen MR) is 136 cm³/mol. The van der Waals surface area contributed by atoms with Gasteiger partial charge in [0.1, 0.15) is 17.9 Å². The van der Waals surface area contributed by atoms with Crippen molar-refractivity contribution in [2.45, 2.75) is 6.61 Å². The van der Waals surface area contributed by atoms with Crippen LogP contribution in [0, 0.1) is 0 Å². The molecule has 4 rings (SSSR count). The maximum absolute atomic E-state index is 12.5. The number of ether oxygens (including phenoxy) is 1. The molecule has 1 aliphatic rings. The molecular formula is C24H15Cl3N2O4S. The first kappa shape index (κ1) is 24.0. The molecule has 0 aliphatic carbocycles. The minimum absolute atomic E-state index is 0.0482. The Kier molecular flexibility index (Phi) is 7.09. The zero-order valence-electron chi connectivity index (χ0n) is 17.2. The summed E-state index contributed by atoms with van der Waals surface area (Å²) in [7, 11) is 0. The van der Waals surface area contributed by atoms with Crippen LogP contribution in [-0.2, 0) is 16.2 Å². The van der Waals surface area contributed by atoms with Gasteiger partial charge in [-0.3, -0.25) is 20.2 Å². The number of phenols is 1. The molecule has 0 unspecified atom stereocenters. The number of phenolic OH excluding ortho intramolecular Hbond substituents is 1. The zero-order chi connectivity index (χ0) is 24.4. The fourth-order valence-electron chi connectivity index (χ4n) is 3.28. The SMILES string of the molecule is O=C1NC(=S)NC(=O)C1=Cc1c(OCc2ccc(Cl)cc2)cccc1-c1cc(Cl)c(O)c(Cl)c1. The molecule has 0 spiro atoms. The Bertz CT molecular complexity index is 1310. The van der Waals surface area contributed by atoms with Crippen molar-refractivity contribution in [1.29, 1.82) is 0 Å². The van der Waals surface area contributed by atoms with E-state index in [9.17, 15) is 14.7 Å². The van der Waals surface area contributed by atoms with Gasteiger partial charge in [-0.1, -0.05) is 59.1 Å². The Morgan fingerprint density at radius 1 is 0.941 bits per heavy atom. The van der Waals surface area contributed by atoms with Crippen molar-refractivity contribution >= 4 is 70.0 Å². The Morgan fingerprint density at radius 2 is 1.56 bits per heavy atom. The third-order valence-electron chi connectivity index (χ3n) is 4.93. The largest absolute Gasteiger partial charge is 0.505 e. The van der Waals surface area contributed by atoms with Crippen LogP contribution in [0.5, 0.6) is 11.5 Å². The summed E-state index contributed by atoms with van der Waals surface area (Å²) in [6.07, 6.45) is 1.41. The number of carbonyl (C=O) groups is 2. The number of aromatic hydroxyl groups is 1. The molecule has 34 heavy (non-hydrogen) atoms. The first-order valence-corrected chi connectivity index (χ1v) is 11.3. The minimum atomic E-state index is -0.644. The van der Waals surface area contributed by atoms with Crippen LogP contribution in [-0.4, -0.2) is 22.0 Å². The van der Waals surface area contributed by atoms with E-state index in [4.69, 9.17) is 51.8 Å². The van der Waals surface area contributed by atoms with E-state index in [2.05, 4.69) is 10.6 Å². The Hall–Kier alpha value is -3.10. The van der Waals surface area contributed by atoms with Crippen LogP contribution in [0.1, 0.15) is 11.1 Å². The van der Waals surface area contributed by atoms with Crippen LogP contribution >= 0.6 is 47.0 Å². The fourth-order valence-corrected chi connectivity index (χ4v) is 4.08. The van der Waals surface area contributed by atoms with E-state index in [0.717, 1.165) is 5.56 Å². The zero-order valence-corrected chi connectivity index (χ0v) is 20.3. The molecule has 1 fully saturated rings. The molecule has 0 saturated carbocycles. The number of rotatable bonds is 5. The van der Waals surface area contributed by atoms with Crippen LogP contribution in [0.25, 0.3) is 17.2 Å². The summed E-state index contributed by atoms with van der Waals surface area (Å²) in [6, 6.07) is 15.4. The van der Waals surface area contributed by atoms with Gasteiger partial charge in [-0.05, 0) is 65.3 Å². The molecule has 3 aromatic rings. The summed E-state index contributed by atoms with van der Waals surface area (Å²) in [4.78, 5) is 25.0. The number of hydrogen-bond donors (Lipinski definition) is 3.